The third-order valence-corrected chi connectivity index (χ3v) is 4.61. The van der Waals surface area contributed by atoms with Gasteiger partial charge in [-0.2, -0.15) is 5.26 Å². The maximum atomic E-state index is 8.41. The van der Waals surface area contributed by atoms with Gasteiger partial charge in [0.05, 0.1) is 6.07 Å². The molecule has 0 radical (unpaired) electrons. The van der Waals surface area contributed by atoms with Gasteiger partial charge in [-0.05, 0) is 5.56 Å². The lowest BCUT2D eigenvalue weighted by atomic mass is 10.1. The van der Waals surface area contributed by atoms with Gasteiger partial charge in [0, 0.05) is 18.0 Å². The summed E-state index contributed by atoms with van der Waals surface area (Å²) in [5, 5.41) is 9.97. The van der Waals surface area contributed by atoms with Crippen molar-refractivity contribution in [1.82, 2.24) is 14.5 Å². The van der Waals surface area contributed by atoms with Gasteiger partial charge in [-0.15, -0.1) is 12.4 Å². The standard InChI is InChI=1S/C12H10N4S.C8H8N2.ClH/c13-11-10(9-4-2-1-3-5-9)15-12(17-11)16-7-6-14-8-16;9-6-8(10)7-4-2-1-3-5-7;/h1-8H,13H2;1-5,8H,10H2;1H. The molecule has 2 aromatic carbocycles. The Bertz CT molecular complexity index is 1010. The van der Waals surface area contributed by atoms with E-state index in [0.29, 0.717) is 0 Å². The van der Waals surface area contributed by atoms with Crippen LogP contribution in [-0.2, 0) is 0 Å². The van der Waals surface area contributed by atoms with Crippen LogP contribution in [0.15, 0.2) is 79.4 Å². The molecule has 0 amide bonds. The fraction of sp³-hybridized carbons (Fsp3) is 0.0500. The highest BCUT2D eigenvalue weighted by Gasteiger charge is 2.11. The van der Waals surface area contributed by atoms with Gasteiger partial charge < -0.3 is 11.5 Å². The fourth-order valence-corrected chi connectivity index (χ4v) is 3.15. The summed E-state index contributed by atoms with van der Waals surface area (Å²) in [5.74, 6) is 0. The van der Waals surface area contributed by atoms with Crippen molar-refractivity contribution < 1.29 is 0 Å². The highest BCUT2D eigenvalue weighted by molar-refractivity contribution is 7.18. The molecule has 8 heteroatoms. The summed E-state index contributed by atoms with van der Waals surface area (Å²) >= 11 is 1.46. The van der Waals surface area contributed by atoms with E-state index >= 15 is 0 Å². The molecule has 4 N–H and O–H groups in total. The van der Waals surface area contributed by atoms with Crippen molar-refractivity contribution in [3.05, 3.63) is 84.9 Å². The monoisotopic (exact) mass is 410 g/mol. The Morgan fingerprint density at radius 3 is 2.25 bits per heavy atom. The number of nitrogens with zero attached hydrogens (tertiary/aromatic N) is 4. The molecule has 142 valence electrons. The van der Waals surface area contributed by atoms with Gasteiger partial charge in [0.1, 0.15) is 23.1 Å². The van der Waals surface area contributed by atoms with Crippen LogP contribution < -0.4 is 11.5 Å². The number of halogens is 1. The first-order valence-electron chi connectivity index (χ1n) is 8.19. The maximum absolute atomic E-state index is 8.41. The van der Waals surface area contributed by atoms with Gasteiger partial charge in [-0.3, -0.25) is 4.57 Å². The summed E-state index contributed by atoms with van der Waals surface area (Å²) in [6.07, 6.45) is 5.29. The Morgan fingerprint density at radius 2 is 1.68 bits per heavy atom. The van der Waals surface area contributed by atoms with Crippen LogP contribution in [0.4, 0.5) is 5.00 Å². The summed E-state index contributed by atoms with van der Waals surface area (Å²) in [4.78, 5) is 8.54. The first kappa shape index (κ1) is 21.1. The molecule has 0 fully saturated rings. The number of nitrogens with two attached hydrogens (primary N) is 2. The van der Waals surface area contributed by atoms with Crippen LogP contribution in [0.1, 0.15) is 11.6 Å². The van der Waals surface area contributed by atoms with Crippen LogP contribution in [0.2, 0.25) is 0 Å². The summed E-state index contributed by atoms with van der Waals surface area (Å²) in [5.41, 5.74) is 14.2. The molecule has 0 bridgehead atoms. The van der Waals surface area contributed by atoms with Crippen LogP contribution in [0.25, 0.3) is 16.4 Å². The number of hydrogen-bond donors (Lipinski definition) is 2. The minimum atomic E-state index is -0.485. The zero-order chi connectivity index (χ0) is 19.1. The third kappa shape index (κ3) is 5.18. The summed E-state index contributed by atoms with van der Waals surface area (Å²) < 4.78 is 1.85. The number of aromatic nitrogens is 3. The van der Waals surface area contributed by atoms with Gasteiger partial charge in [-0.1, -0.05) is 72.0 Å². The molecule has 4 rings (SSSR count). The topological polar surface area (TPSA) is 107 Å². The third-order valence-electron chi connectivity index (χ3n) is 3.71. The molecular formula is C20H19ClN6S. The SMILES string of the molecule is Cl.N#CC(N)c1ccccc1.Nc1sc(-n2ccnc2)nc1-c1ccccc1. The number of nitriles is 1. The van der Waals surface area contributed by atoms with Crippen LogP contribution in [0.5, 0.6) is 0 Å². The van der Waals surface area contributed by atoms with Gasteiger partial charge in [0.15, 0.2) is 5.13 Å². The Balaban J connectivity index is 0.000000221. The van der Waals surface area contributed by atoms with Crippen molar-refractivity contribution in [1.29, 1.82) is 5.26 Å². The van der Waals surface area contributed by atoms with Crippen molar-refractivity contribution in [2.75, 3.05) is 5.73 Å². The fourth-order valence-electron chi connectivity index (χ4n) is 2.34. The Kier molecular flexibility index (Phi) is 7.72. The van der Waals surface area contributed by atoms with Crippen LogP contribution in [0.3, 0.4) is 0 Å². The smallest absolute Gasteiger partial charge is 0.197 e. The van der Waals surface area contributed by atoms with Crippen LogP contribution in [-0.4, -0.2) is 14.5 Å². The van der Waals surface area contributed by atoms with Crippen LogP contribution >= 0.6 is 23.7 Å². The first-order chi connectivity index (χ1) is 13.2. The Labute approximate surface area is 173 Å². The van der Waals surface area contributed by atoms with E-state index < -0.39 is 6.04 Å². The predicted octanol–water partition coefficient (Wildman–Crippen LogP) is 4.21. The van der Waals surface area contributed by atoms with Crippen molar-refractivity contribution in [3.8, 4) is 22.5 Å². The minimum Gasteiger partial charge on any atom is -0.389 e. The molecule has 2 heterocycles. The largest absolute Gasteiger partial charge is 0.389 e. The summed E-state index contributed by atoms with van der Waals surface area (Å²) in [6.45, 7) is 0. The summed E-state index contributed by atoms with van der Waals surface area (Å²) in [7, 11) is 0. The van der Waals surface area contributed by atoms with E-state index in [1.807, 2.05) is 77.5 Å². The normalized spacial score (nSPS) is 10.7. The molecule has 0 saturated carbocycles. The Hall–Kier alpha value is -3.18. The Morgan fingerprint density at radius 1 is 1.04 bits per heavy atom. The molecule has 2 aromatic heterocycles. The number of thiazole rings is 1. The lowest BCUT2D eigenvalue weighted by Crippen LogP contribution is -2.06. The molecule has 28 heavy (non-hydrogen) atoms. The van der Waals surface area contributed by atoms with Crippen molar-refractivity contribution >= 4 is 28.7 Å². The number of nitrogen functional groups attached to an aromatic ring is 1. The van der Waals surface area contributed by atoms with E-state index in [1.165, 1.54) is 11.3 Å². The highest BCUT2D eigenvalue weighted by atomic mass is 35.5. The second kappa shape index (κ2) is 10.2. The number of imidazole rings is 1. The molecule has 0 spiro atoms. The second-order valence-electron chi connectivity index (χ2n) is 5.56. The van der Waals surface area contributed by atoms with Gasteiger partial charge in [0.25, 0.3) is 0 Å². The molecule has 1 unspecified atom stereocenters. The average molecular weight is 411 g/mol. The van der Waals surface area contributed by atoms with Crippen molar-refractivity contribution in [3.63, 3.8) is 0 Å². The number of anilines is 1. The van der Waals surface area contributed by atoms with E-state index in [2.05, 4.69) is 9.97 Å². The van der Waals surface area contributed by atoms with Crippen LogP contribution in [0, 0.1) is 11.3 Å². The maximum Gasteiger partial charge on any atom is 0.197 e. The number of rotatable bonds is 3. The molecule has 0 aliphatic heterocycles. The van der Waals surface area contributed by atoms with E-state index in [4.69, 9.17) is 16.7 Å². The highest BCUT2D eigenvalue weighted by Crippen LogP contribution is 2.31. The molecule has 0 saturated heterocycles. The number of hydrogen-bond acceptors (Lipinski definition) is 6. The zero-order valence-corrected chi connectivity index (χ0v) is 16.5. The van der Waals surface area contributed by atoms with E-state index in [0.717, 1.165) is 27.0 Å². The lowest BCUT2D eigenvalue weighted by Gasteiger charge is -1.99. The van der Waals surface area contributed by atoms with Gasteiger partial charge in [0.2, 0.25) is 0 Å². The van der Waals surface area contributed by atoms with Crippen molar-refractivity contribution in [2.45, 2.75) is 6.04 Å². The van der Waals surface area contributed by atoms with Crippen molar-refractivity contribution in [2.24, 2.45) is 5.73 Å². The van der Waals surface area contributed by atoms with Gasteiger partial charge in [-0.25, -0.2) is 9.97 Å². The lowest BCUT2D eigenvalue weighted by molar-refractivity contribution is 0.926. The number of benzene rings is 2. The first-order valence-corrected chi connectivity index (χ1v) is 9.01. The molecular weight excluding hydrogens is 392 g/mol. The predicted molar refractivity (Wildman–Crippen MR) is 115 cm³/mol. The second-order valence-corrected chi connectivity index (χ2v) is 6.57. The molecule has 1 atom stereocenters. The molecule has 6 nitrogen and oxygen atoms in total. The average Bonchev–Trinajstić information content (AvgIpc) is 3.39. The minimum absolute atomic E-state index is 0. The van der Waals surface area contributed by atoms with E-state index in [1.54, 1.807) is 12.5 Å². The molecule has 0 aliphatic rings. The molecule has 4 aromatic rings. The van der Waals surface area contributed by atoms with Gasteiger partial charge >= 0.3 is 0 Å². The summed E-state index contributed by atoms with van der Waals surface area (Å²) in [6, 6.07) is 20.7. The van der Waals surface area contributed by atoms with E-state index in [9.17, 15) is 0 Å². The zero-order valence-electron chi connectivity index (χ0n) is 14.8. The molecule has 0 aliphatic carbocycles. The van der Waals surface area contributed by atoms with E-state index in [-0.39, 0.29) is 12.4 Å². The quantitative estimate of drug-likeness (QED) is 0.526.